The zero-order chi connectivity index (χ0) is 21.6. The second-order valence-corrected chi connectivity index (χ2v) is 7.10. The monoisotopic (exact) mass is 411 g/mol. The minimum atomic E-state index is -0.436. The van der Waals surface area contributed by atoms with E-state index in [1.807, 2.05) is 67.6 Å². The van der Waals surface area contributed by atoms with Gasteiger partial charge in [-0.2, -0.15) is 0 Å². The summed E-state index contributed by atoms with van der Waals surface area (Å²) in [6.07, 6.45) is 5.36. The highest BCUT2D eigenvalue weighted by Crippen LogP contribution is 2.26. The van der Waals surface area contributed by atoms with Crippen LogP contribution in [0.3, 0.4) is 0 Å². The van der Waals surface area contributed by atoms with E-state index in [1.165, 1.54) is 0 Å². The fraction of sp³-hybridized carbons (Fsp3) is 0.115. The second kappa shape index (κ2) is 9.30. The van der Waals surface area contributed by atoms with E-state index in [0.717, 1.165) is 22.3 Å². The number of rotatable bonds is 6. The van der Waals surface area contributed by atoms with Crippen molar-refractivity contribution in [1.82, 2.24) is 9.97 Å². The molecule has 0 aliphatic rings. The van der Waals surface area contributed by atoms with Crippen LogP contribution in [-0.4, -0.2) is 22.8 Å². The molecule has 2 heterocycles. The molecule has 2 aromatic heterocycles. The van der Waals surface area contributed by atoms with Crippen molar-refractivity contribution < 1.29 is 9.13 Å². The van der Waals surface area contributed by atoms with Crippen LogP contribution in [0.5, 0.6) is 5.75 Å². The number of ether oxygens (including phenoxy) is 1. The molecule has 4 rings (SSSR count). The van der Waals surface area contributed by atoms with E-state index in [0.29, 0.717) is 23.4 Å². The van der Waals surface area contributed by atoms with Gasteiger partial charge in [-0.15, -0.1) is 0 Å². The van der Waals surface area contributed by atoms with Crippen molar-refractivity contribution in [2.24, 2.45) is 4.99 Å². The normalized spacial score (nSPS) is 10.5. The van der Waals surface area contributed by atoms with Crippen molar-refractivity contribution in [3.63, 3.8) is 0 Å². The number of halogens is 1. The topological polar surface area (TPSA) is 47.4 Å². The number of nitrogens with zero attached hydrogens (tertiary/aromatic N) is 3. The van der Waals surface area contributed by atoms with Gasteiger partial charge >= 0.3 is 0 Å². The Morgan fingerprint density at radius 2 is 1.55 bits per heavy atom. The number of hydrogen-bond donors (Lipinski definition) is 0. The highest BCUT2D eigenvalue weighted by atomic mass is 19.1. The fourth-order valence-electron chi connectivity index (χ4n) is 3.42. The van der Waals surface area contributed by atoms with E-state index in [-0.39, 0.29) is 5.82 Å². The summed E-state index contributed by atoms with van der Waals surface area (Å²) in [4.78, 5) is 13.1. The van der Waals surface area contributed by atoms with Crippen molar-refractivity contribution in [3.8, 4) is 5.75 Å². The predicted molar refractivity (Wildman–Crippen MR) is 121 cm³/mol. The molecule has 2 aromatic carbocycles. The van der Waals surface area contributed by atoms with Crippen LogP contribution in [0.25, 0.3) is 0 Å². The largest absolute Gasteiger partial charge is 0.495 e. The van der Waals surface area contributed by atoms with Crippen LogP contribution in [0, 0.1) is 12.7 Å². The number of pyridine rings is 2. The Morgan fingerprint density at radius 3 is 2.16 bits per heavy atom. The van der Waals surface area contributed by atoms with E-state index in [9.17, 15) is 0 Å². The summed E-state index contributed by atoms with van der Waals surface area (Å²) in [5.74, 6) is 0.309. The molecule has 0 saturated heterocycles. The lowest BCUT2D eigenvalue weighted by Crippen LogP contribution is -2.04. The van der Waals surface area contributed by atoms with Crippen LogP contribution in [0.1, 0.15) is 27.8 Å². The van der Waals surface area contributed by atoms with Gasteiger partial charge in [0.05, 0.1) is 19.0 Å². The Labute approximate surface area is 181 Å². The maximum Gasteiger partial charge on any atom is 0.189 e. The number of hydrogen-bond acceptors (Lipinski definition) is 4. The summed E-state index contributed by atoms with van der Waals surface area (Å²) < 4.78 is 20.8. The first-order valence-corrected chi connectivity index (χ1v) is 9.97. The quantitative estimate of drug-likeness (QED) is 0.383. The van der Waals surface area contributed by atoms with Crippen molar-refractivity contribution >= 4 is 11.5 Å². The first-order chi connectivity index (χ1) is 15.2. The number of aromatic nitrogens is 2. The van der Waals surface area contributed by atoms with Gasteiger partial charge in [0.25, 0.3) is 0 Å². The maximum atomic E-state index is 15.4. The third-order valence-corrected chi connectivity index (χ3v) is 5.14. The van der Waals surface area contributed by atoms with Gasteiger partial charge < -0.3 is 4.74 Å². The number of aliphatic imine (C=N–C) groups is 1. The van der Waals surface area contributed by atoms with Gasteiger partial charge in [0.15, 0.2) is 11.6 Å². The van der Waals surface area contributed by atoms with Crippen molar-refractivity contribution in [1.29, 1.82) is 0 Å². The summed E-state index contributed by atoms with van der Waals surface area (Å²) in [5.41, 5.74) is 4.80. The summed E-state index contributed by atoms with van der Waals surface area (Å²) >= 11 is 0. The van der Waals surface area contributed by atoms with Crippen LogP contribution < -0.4 is 4.74 Å². The molecule has 0 atom stereocenters. The Morgan fingerprint density at radius 1 is 0.903 bits per heavy atom. The smallest absolute Gasteiger partial charge is 0.189 e. The molecule has 0 aliphatic heterocycles. The molecule has 154 valence electrons. The summed E-state index contributed by atoms with van der Waals surface area (Å²) in [6, 6.07) is 21.1. The lowest BCUT2D eigenvalue weighted by Gasteiger charge is -2.11. The third-order valence-electron chi connectivity index (χ3n) is 5.14. The number of benzene rings is 2. The Balaban J connectivity index is 1.77. The fourth-order valence-corrected chi connectivity index (χ4v) is 3.42. The molecule has 4 nitrogen and oxygen atoms in total. The van der Waals surface area contributed by atoms with Gasteiger partial charge in [-0.1, -0.05) is 60.7 Å². The van der Waals surface area contributed by atoms with Gasteiger partial charge in [-0.05, 0) is 29.7 Å². The highest BCUT2D eigenvalue weighted by molar-refractivity contribution is 6.13. The van der Waals surface area contributed by atoms with E-state index >= 15 is 4.39 Å². The average molecular weight is 411 g/mol. The molecular weight excluding hydrogens is 389 g/mol. The van der Waals surface area contributed by atoms with Gasteiger partial charge in [0.1, 0.15) is 5.75 Å². The molecule has 0 bridgehead atoms. The van der Waals surface area contributed by atoms with Gasteiger partial charge in [-0.3, -0.25) is 4.98 Å². The minimum absolute atomic E-state index is 0.0636. The SMILES string of the molecule is COc1cncc(Cc2ccnc(N=C(c3ccccc3)c3ccccc3)c2F)c1C. The standard InChI is InChI=1S/C26H22FN3O/c1-18-22(16-28-17-23(18)31-2)15-21-13-14-29-26(24(21)27)30-25(19-9-5-3-6-10-19)20-11-7-4-8-12-20/h3-14,16-17H,15H2,1-2H3. The molecule has 0 fully saturated rings. The summed E-state index contributed by atoms with van der Waals surface area (Å²) in [5, 5.41) is 0. The van der Waals surface area contributed by atoms with Crippen molar-refractivity contribution in [3.05, 3.63) is 119 Å². The van der Waals surface area contributed by atoms with E-state index in [1.54, 1.807) is 31.8 Å². The molecule has 0 spiro atoms. The van der Waals surface area contributed by atoms with Gasteiger partial charge in [0.2, 0.25) is 0 Å². The van der Waals surface area contributed by atoms with Crippen molar-refractivity contribution in [2.45, 2.75) is 13.3 Å². The van der Waals surface area contributed by atoms with Gasteiger partial charge in [0, 0.05) is 29.9 Å². The van der Waals surface area contributed by atoms with Crippen LogP contribution in [0.15, 0.2) is 90.3 Å². The minimum Gasteiger partial charge on any atom is -0.495 e. The van der Waals surface area contributed by atoms with Crippen LogP contribution in [0.4, 0.5) is 10.2 Å². The van der Waals surface area contributed by atoms with E-state index < -0.39 is 5.82 Å². The molecular formula is C26H22FN3O. The highest BCUT2D eigenvalue weighted by Gasteiger charge is 2.15. The molecule has 0 unspecified atom stereocenters. The maximum absolute atomic E-state index is 15.4. The van der Waals surface area contributed by atoms with Gasteiger partial charge in [-0.25, -0.2) is 14.4 Å². The lowest BCUT2D eigenvalue weighted by atomic mass is 10.0. The molecule has 0 saturated carbocycles. The Bertz CT molecular complexity index is 1170. The van der Waals surface area contributed by atoms with Crippen LogP contribution >= 0.6 is 0 Å². The van der Waals surface area contributed by atoms with Crippen molar-refractivity contribution in [2.75, 3.05) is 7.11 Å². The second-order valence-electron chi connectivity index (χ2n) is 7.10. The zero-order valence-corrected chi connectivity index (χ0v) is 17.4. The first-order valence-electron chi connectivity index (χ1n) is 9.97. The predicted octanol–water partition coefficient (Wildman–Crippen LogP) is 5.69. The molecule has 4 aromatic rings. The van der Waals surface area contributed by atoms with E-state index in [2.05, 4.69) is 15.0 Å². The molecule has 0 amide bonds. The van der Waals surface area contributed by atoms with Crippen LogP contribution in [0.2, 0.25) is 0 Å². The summed E-state index contributed by atoms with van der Waals surface area (Å²) in [7, 11) is 1.60. The van der Waals surface area contributed by atoms with Crippen LogP contribution in [-0.2, 0) is 6.42 Å². The molecule has 0 radical (unpaired) electrons. The lowest BCUT2D eigenvalue weighted by molar-refractivity contribution is 0.409. The molecule has 0 N–H and O–H groups in total. The zero-order valence-electron chi connectivity index (χ0n) is 17.4. The number of methoxy groups -OCH3 is 1. The molecule has 5 heteroatoms. The first kappa shape index (κ1) is 20.4. The Hall–Kier alpha value is -3.86. The third kappa shape index (κ3) is 4.51. The van der Waals surface area contributed by atoms with E-state index in [4.69, 9.17) is 4.74 Å². The average Bonchev–Trinajstić information content (AvgIpc) is 2.82. The Kier molecular flexibility index (Phi) is 6.13. The summed E-state index contributed by atoms with van der Waals surface area (Å²) in [6.45, 7) is 1.94. The molecule has 31 heavy (non-hydrogen) atoms. The molecule has 0 aliphatic carbocycles.